The Labute approximate surface area is 106 Å². The number of hydrogen-bond acceptors (Lipinski definition) is 2. The monoisotopic (exact) mass is 234 g/mol. The fourth-order valence-electron chi connectivity index (χ4n) is 1.78. The van der Waals surface area contributed by atoms with Crippen LogP contribution in [0.25, 0.3) is 0 Å². The van der Waals surface area contributed by atoms with Crippen LogP contribution in [-0.2, 0) is 0 Å². The molecule has 0 aliphatic carbocycles. The minimum atomic E-state index is 0.391. The van der Waals surface area contributed by atoms with Gasteiger partial charge in [0.15, 0.2) is 0 Å². The summed E-state index contributed by atoms with van der Waals surface area (Å²) in [6, 6.07) is 6.55. The highest BCUT2D eigenvalue weighted by Crippen LogP contribution is 2.23. The van der Waals surface area contributed by atoms with Crippen LogP contribution < -0.4 is 10.2 Å². The van der Waals surface area contributed by atoms with Gasteiger partial charge in [-0.1, -0.05) is 26.8 Å². The van der Waals surface area contributed by atoms with Crippen molar-refractivity contribution >= 4 is 11.4 Å². The Morgan fingerprint density at radius 1 is 1.18 bits per heavy atom. The molecule has 0 aromatic heterocycles. The van der Waals surface area contributed by atoms with Crippen LogP contribution in [0.4, 0.5) is 11.4 Å². The first-order valence-electron chi connectivity index (χ1n) is 6.31. The number of benzene rings is 1. The second-order valence-corrected chi connectivity index (χ2v) is 6.13. The standard InChI is InChI=1S/C15H26N2/c1-12-7-8-13(11-14(12)17(5)6)16-10-9-15(2,3)4/h7-8,11,16H,9-10H2,1-6H3. The summed E-state index contributed by atoms with van der Waals surface area (Å²) >= 11 is 0. The second kappa shape index (κ2) is 5.44. The summed E-state index contributed by atoms with van der Waals surface area (Å²) in [6.07, 6.45) is 1.18. The Kier molecular flexibility index (Phi) is 4.44. The first-order chi connectivity index (χ1) is 7.79. The van der Waals surface area contributed by atoms with Gasteiger partial charge in [0, 0.05) is 32.0 Å². The second-order valence-electron chi connectivity index (χ2n) is 6.13. The van der Waals surface area contributed by atoms with E-state index in [9.17, 15) is 0 Å². The van der Waals surface area contributed by atoms with Crippen molar-refractivity contribution in [2.24, 2.45) is 5.41 Å². The highest BCUT2D eigenvalue weighted by atomic mass is 15.1. The van der Waals surface area contributed by atoms with Gasteiger partial charge < -0.3 is 10.2 Å². The van der Waals surface area contributed by atoms with Gasteiger partial charge in [-0.05, 0) is 36.5 Å². The smallest absolute Gasteiger partial charge is 0.0411 e. The zero-order chi connectivity index (χ0) is 13.1. The molecule has 0 amide bonds. The average Bonchev–Trinajstić information content (AvgIpc) is 2.18. The molecule has 0 atom stereocenters. The molecule has 0 radical (unpaired) electrons. The zero-order valence-corrected chi connectivity index (χ0v) is 12.1. The summed E-state index contributed by atoms with van der Waals surface area (Å²) in [5, 5.41) is 3.50. The van der Waals surface area contributed by atoms with E-state index in [0.29, 0.717) is 5.41 Å². The van der Waals surface area contributed by atoms with E-state index < -0.39 is 0 Å². The third-order valence-corrected chi connectivity index (χ3v) is 2.90. The summed E-state index contributed by atoms with van der Waals surface area (Å²) in [5.74, 6) is 0. The fraction of sp³-hybridized carbons (Fsp3) is 0.600. The largest absolute Gasteiger partial charge is 0.385 e. The van der Waals surface area contributed by atoms with E-state index in [1.807, 2.05) is 0 Å². The van der Waals surface area contributed by atoms with Gasteiger partial charge in [-0.25, -0.2) is 0 Å². The number of rotatable bonds is 4. The third-order valence-electron chi connectivity index (χ3n) is 2.90. The third kappa shape index (κ3) is 4.68. The maximum atomic E-state index is 3.50. The normalized spacial score (nSPS) is 11.4. The highest BCUT2D eigenvalue weighted by Gasteiger charge is 2.09. The van der Waals surface area contributed by atoms with Crippen molar-refractivity contribution in [2.45, 2.75) is 34.1 Å². The Morgan fingerprint density at radius 3 is 2.35 bits per heavy atom. The van der Waals surface area contributed by atoms with Gasteiger partial charge in [0.05, 0.1) is 0 Å². The lowest BCUT2D eigenvalue weighted by Gasteiger charge is -2.20. The van der Waals surface area contributed by atoms with Crippen LogP contribution in [0, 0.1) is 12.3 Å². The molecule has 0 aliphatic rings. The van der Waals surface area contributed by atoms with Gasteiger partial charge in [0.2, 0.25) is 0 Å². The van der Waals surface area contributed by atoms with Crippen molar-refractivity contribution in [3.05, 3.63) is 23.8 Å². The van der Waals surface area contributed by atoms with Crippen molar-refractivity contribution in [1.82, 2.24) is 0 Å². The summed E-state index contributed by atoms with van der Waals surface area (Å²) in [6.45, 7) is 9.99. The van der Waals surface area contributed by atoms with Crippen molar-refractivity contribution in [1.29, 1.82) is 0 Å². The molecule has 17 heavy (non-hydrogen) atoms. The topological polar surface area (TPSA) is 15.3 Å². The van der Waals surface area contributed by atoms with Crippen LogP contribution in [-0.4, -0.2) is 20.6 Å². The van der Waals surface area contributed by atoms with Crippen LogP contribution >= 0.6 is 0 Å². The molecule has 0 aliphatic heterocycles. The van der Waals surface area contributed by atoms with Gasteiger partial charge >= 0.3 is 0 Å². The van der Waals surface area contributed by atoms with E-state index in [-0.39, 0.29) is 0 Å². The summed E-state index contributed by atoms with van der Waals surface area (Å²) in [5.41, 5.74) is 4.20. The lowest BCUT2D eigenvalue weighted by Crippen LogP contribution is -2.14. The van der Waals surface area contributed by atoms with Crippen molar-refractivity contribution in [3.63, 3.8) is 0 Å². The molecule has 0 heterocycles. The minimum Gasteiger partial charge on any atom is -0.385 e. The molecule has 2 heteroatoms. The summed E-state index contributed by atoms with van der Waals surface area (Å²) < 4.78 is 0. The lowest BCUT2D eigenvalue weighted by molar-refractivity contribution is 0.390. The number of nitrogens with zero attached hydrogens (tertiary/aromatic N) is 1. The van der Waals surface area contributed by atoms with E-state index in [1.165, 1.54) is 23.4 Å². The molecule has 0 bridgehead atoms. The Hall–Kier alpha value is -1.18. The predicted octanol–water partition coefficient (Wildman–Crippen LogP) is 3.91. The summed E-state index contributed by atoms with van der Waals surface area (Å²) in [7, 11) is 4.17. The molecular weight excluding hydrogens is 208 g/mol. The highest BCUT2D eigenvalue weighted by molar-refractivity contribution is 5.61. The van der Waals surface area contributed by atoms with Crippen LogP contribution in [0.1, 0.15) is 32.8 Å². The SMILES string of the molecule is Cc1ccc(NCCC(C)(C)C)cc1N(C)C. The average molecular weight is 234 g/mol. The van der Waals surface area contributed by atoms with Gasteiger partial charge in [-0.3, -0.25) is 0 Å². The molecule has 1 rings (SSSR count). The van der Waals surface area contributed by atoms with Crippen LogP contribution in [0.2, 0.25) is 0 Å². The van der Waals surface area contributed by atoms with E-state index in [2.05, 4.69) is 70.2 Å². The molecule has 1 N–H and O–H groups in total. The molecule has 2 nitrogen and oxygen atoms in total. The Morgan fingerprint density at radius 2 is 1.82 bits per heavy atom. The maximum absolute atomic E-state index is 3.50. The molecule has 1 aromatic rings. The number of hydrogen-bond donors (Lipinski definition) is 1. The van der Waals surface area contributed by atoms with Crippen molar-refractivity contribution in [3.8, 4) is 0 Å². The quantitative estimate of drug-likeness (QED) is 0.849. The summed E-state index contributed by atoms with van der Waals surface area (Å²) in [4.78, 5) is 2.16. The number of aryl methyl sites for hydroxylation is 1. The van der Waals surface area contributed by atoms with Crippen LogP contribution in [0.3, 0.4) is 0 Å². The zero-order valence-electron chi connectivity index (χ0n) is 12.1. The van der Waals surface area contributed by atoms with E-state index in [4.69, 9.17) is 0 Å². The maximum Gasteiger partial charge on any atom is 0.0411 e. The molecule has 0 unspecified atom stereocenters. The van der Waals surface area contributed by atoms with Crippen LogP contribution in [0.15, 0.2) is 18.2 Å². The van der Waals surface area contributed by atoms with Crippen LogP contribution in [0.5, 0.6) is 0 Å². The van der Waals surface area contributed by atoms with Gasteiger partial charge in [0.1, 0.15) is 0 Å². The lowest BCUT2D eigenvalue weighted by atomic mass is 9.92. The van der Waals surface area contributed by atoms with E-state index in [0.717, 1.165) is 6.54 Å². The van der Waals surface area contributed by atoms with E-state index >= 15 is 0 Å². The molecule has 96 valence electrons. The Bertz CT molecular complexity index is 362. The predicted molar refractivity (Wildman–Crippen MR) is 78.1 cm³/mol. The van der Waals surface area contributed by atoms with Gasteiger partial charge in [-0.2, -0.15) is 0 Å². The molecular formula is C15H26N2. The molecule has 0 saturated carbocycles. The molecule has 0 saturated heterocycles. The fourth-order valence-corrected chi connectivity index (χ4v) is 1.78. The van der Waals surface area contributed by atoms with Crippen molar-refractivity contribution < 1.29 is 0 Å². The molecule has 1 aromatic carbocycles. The van der Waals surface area contributed by atoms with Gasteiger partial charge in [0.25, 0.3) is 0 Å². The molecule has 0 spiro atoms. The van der Waals surface area contributed by atoms with Gasteiger partial charge in [-0.15, -0.1) is 0 Å². The molecule has 0 fully saturated rings. The van der Waals surface area contributed by atoms with E-state index in [1.54, 1.807) is 0 Å². The Balaban J connectivity index is 2.64. The number of anilines is 2. The minimum absolute atomic E-state index is 0.391. The number of nitrogens with one attached hydrogen (secondary N) is 1. The first kappa shape index (κ1) is 13.9. The first-order valence-corrected chi connectivity index (χ1v) is 6.31. The van der Waals surface area contributed by atoms with Crippen molar-refractivity contribution in [2.75, 3.05) is 30.9 Å².